The van der Waals surface area contributed by atoms with E-state index in [1.165, 1.54) is 0 Å². The van der Waals surface area contributed by atoms with Crippen LogP contribution in [0.5, 0.6) is 5.75 Å². The molecule has 0 bridgehead atoms. The molecule has 0 saturated heterocycles. The fourth-order valence-electron chi connectivity index (χ4n) is 1.83. The maximum atomic E-state index is 9.51. The molecule has 2 atom stereocenters. The summed E-state index contributed by atoms with van der Waals surface area (Å²) in [6.07, 6.45) is -0.579. The van der Waals surface area contributed by atoms with Crippen molar-refractivity contribution in [3.8, 4) is 5.75 Å². The summed E-state index contributed by atoms with van der Waals surface area (Å²) in [5, 5.41) is 9.51. The highest BCUT2D eigenvalue weighted by Gasteiger charge is 2.12. The van der Waals surface area contributed by atoms with E-state index in [4.69, 9.17) is 10.5 Å². The van der Waals surface area contributed by atoms with Gasteiger partial charge in [0.15, 0.2) is 0 Å². The lowest BCUT2D eigenvalue weighted by atomic mass is 10.0. The van der Waals surface area contributed by atoms with Crippen LogP contribution in [0.15, 0.2) is 54.6 Å². The zero-order chi connectivity index (χ0) is 13.7. The van der Waals surface area contributed by atoms with Gasteiger partial charge in [-0.05, 0) is 30.2 Å². The van der Waals surface area contributed by atoms with Crippen molar-refractivity contribution < 1.29 is 9.84 Å². The maximum absolute atomic E-state index is 9.51. The summed E-state index contributed by atoms with van der Waals surface area (Å²) in [5.74, 6) is 0.762. The second-order valence-electron chi connectivity index (χ2n) is 4.61. The summed E-state index contributed by atoms with van der Waals surface area (Å²) >= 11 is 0. The lowest BCUT2D eigenvalue weighted by Crippen LogP contribution is -2.23. The Kier molecular flexibility index (Phi) is 6.52. The fraction of sp³-hybridized carbons (Fsp3) is 0.250. The van der Waals surface area contributed by atoms with Crippen molar-refractivity contribution in [2.45, 2.75) is 25.7 Å². The van der Waals surface area contributed by atoms with Crippen LogP contribution in [-0.4, -0.2) is 11.2 Å². The van der Waals surface area contributed by atoms with Gasteiger partial charge < -0.3 is 15.6 Å². The molecule has 0 amide bonds. The molecule has 108 valence electrons. The van der Waals surface area contributed by atoms with Crippen molar-refractivity contribution in [1.29, 1.82) is 0 Å². The summed E-state index contributed by atoms with van der Waals surface area (Å²) in [6.45, 7) is 2.20. The van der Waals surface area contributed by atoms with Crippen LogP contribution in [0.3, 0.4) is 0 Å². The van der Waals surface area contributed by atoms with Gasteiger partial charge in [-0.25, -0.2) is 0 Å². The molecule has 0 aliphatic rings. The second-order valence-corrected chi connectivity index (χ2v) is 4.61. The van der Waals surface area contributed by atoms with Crippen LogP contribution in [0.25, 0.3) is 0 Å². The number of benzene rings is 2. The van der Waals surface area contributed by atoms with Crippen molar-refractivity contribution in [2.75, 3.05) is 0 Å². The summed E-state index contributed by atoms with van der Waals surface area (Å²) in [7, 11) is 0. The summed E-state index contributed by atoms with van der Waals surface area (Å²) < 4.78 is 5.73. The van der Waals surface area contributed by atoms with E-state index in [1.807, 2.05) is 54.6 Å². The number of aliphatic hydroxyl groups excluding tert-OH is 1. The fourth-order valence-corrected chi connectivity index (χ4v) is 1.83. The third-order valence-corrected chi connectivity index (χ3v) is 3.01. The van der Waals surface area contributed by atoms with Crippen LogP contribution >= 0.6 is 12.4 Å². The van der Waals surface area contributed by atoms with Crippen molar-refractivity contribution in [3.63, 3.8) is 0 Å². The SMILES string of the molecule is C[C@H](O)[C@H](N)c1cccc(OCc2ccccc2)c1.Cl. The van der Waals surface area contributed by atoms with Crippen molar-refractivity contribution >= 4 is 12.4 Å². The summed E-state index contributed by atoms with van der Waals surface area (Å²) in [5.41, 5.74) is 7.90. The average molecular weight is 294 g/mol. The van der Waals surface area contributed by atoms with E-state index < -0.39 is 6.10 Å². The van der Waals surface area contributed by atoms with Crippen LogP contribution in [0, 0.1) is 0 Å². The van der Waals surface area contributed by atoms with E-state index in [2.05, 4.69) is 0 Å². The molecule has 0 spiro atoms. The smallest absolute Gasteiger partial charge is 0.120 e. The lowest BCUT2D eigenvalue weighted by Gasteiger charge is -2.16. The predicted octanol–water partition coefficient (Wildman–Crippen LogP) is 3.07. The first-order chi connectivity index (χ1) is 9.16. The molecule has 0 fully saturated rings. The quantitative estimate of drug-likeness (QED) is 0.891. The molecule has 0 aliphatic carbocycles. The van der Waals surface area contributed by atoms with Gasteiger partial charge in [0.1, 0.15) is 12.4 Å². The monoisotopic (exact) mass is 293 g/mol. The van der Waals surface area contributed by atoms with Gasteiger partial charge in [0.25, 0.3) is 0 Å². The summed E-state index contributed by atoms with van der Waals surface area (Å²) in [6, 6.07) is 17.1. The van der Waals surface area contributed by atoms with Crippen LogP contribution in [-0.2, 0) is 6.61 Å². The highest BCUT2D eigenvalue weighted by atomic mass is 35.5. The molecule has 0 radical (unpaired) electrons. The Morgan fingerprint density at radius 3 is 2.45 bits per heavy atom. The molecule has 0 unspecified atom stereocenters. The highest BCUT2D eigenvalue weighted by Crippen LogP contribution is 2.20. The number of halogens is 1. The van der Waals surface area contributed by atoms with Gasteiger partial charge in [0.05, 0.1) is 12.1 Å². The Bertz CT molecular complexity index is 517. The van der Waals surface area contributed by atoms with Gasteiger partial charge in [0, 0.05) is 0 Å². The Hall–Kier alpha value is -1.55. The number of ether oxygens (including phenoxy) is 1. The van der Waals surface area contributed by atoms with Crippen molar-refractivity contribution in [1.82, 2.24) is 0 Å². The first-order valence-corrected chi connectivity index (χ1v) is 6.37. The molecule has 4 heteroatoms. The van der Waals surface area contributed by atoms with Gasteiger partial charge in [-0.15, -0.1) is 12.4 Å². The molecule has 2 rings (SSSR count). The minimum atomic E-state index is -0.579. The van der Waals surface area contributed by atoms with Gasteiger partial charge >= 0.3 is 0 Å². The standard InChI is InChI=1S/C16H19NO2.ClH/c1-12(18)16(17)14-8-5-9-15(10-14)19-11-13-6-3-2-4-7-13;/h2-10,12,16,18H,11,17H2,1H3;1H/t12-,16-;/m0./s1. The number of nitrogens with two attached hydrogens (primary N) is 1. The molecule has 3 nitrogen and oxygen atoms in total. The van der Waals surface area contributed by atoms with Crippen molar-refractivity contribution in [2.24, 2.45) is 5.73 Å². The van der Waals surface area contributed by atoms with Gasteiger partial charge in [-0.2, -0.15) is 0 Å². The number of hydrogen-bond donors (Lipinski definition) is 2. The Balaban J connectivity index is 0.00000200. The molecule has 3 N–H and O–H groups in total. The molecule has 0 saturated carbocycles. The minimum absolute atomic E-state index is 0. The summed E-state index contributed by atoms with van der Waals surface area (Å²) in [4.78, 5) is 0. The zero-order valence-corrected chi connectivity index (χ0v) is 12.2. The Morgan fingerprint density at radius 2 is 1.80 bits per heavy atom. The molecular weight excluding hydrogens is 274 g/mol. The van der Waals surface area contributed by atoms with E-state index in [1.54, 1.807) is 6.92 Å². The molecular formula is C16H20ClNO2. The van der Waals surface area contributed by atoms with Crippen LogP contribution < -0.4 is 10.5 Å². The third kappa shape index (κ3) is 4.53. The molecule has 2 aromatic rings. The zero-order valence-electron chi connectivity index (χ0n) is 11.4. The first kappa shape index (κ1) is 16.5. The predicted molar refractivity (Wildman–Crippen MR) is 83.1 cm³/mol. The highest BCUT2D eigenvalue weighted by molar-refractivity contribution is 5.85. The largest absolute Gasteiger partial charge is 0.489 e. The first-order valence-electron chi connectivity index (χ1n) is 6.37. The molecule has 0 aromatic heterocycles. The molecule has 2 aromatic carbocycles. The van der Waals surface area contributed by atoms with Crippen LogP contribution in [0.4, 0.5) is 0 Å². The van der Waals surface area contributed by atoms with Gasteiger partial charge in [-0.3, -0.25) is 0 Å². The van der Waals surface area contributed by atoms with Crippen molar-refractivity contribution in [3.05, 3.63) is 65.7 Å². The normalized spacial score (nSPS) is 13.2. The van der Waals surface area contributed by atoms with E-state index in [0.717, 1.165) is 16.9 Å². The molecule has 20 heavy (non-hydrogen) atoms. The van der Waals surface area contributed by atoms with Crippen LogP contribution in [0.1, 0.15) is 24.1 Å². The molecule has 0 heterocycles. The second kappa shape index (κ2) is 7.90. The number of rotatable bonds is 5. The average Bonchev–Trinajstić information content (AvgIpc) is 2.45. The van der Waals surface area contributed by atoms with Gasteiger partial charge in [-0.1, -0.05) is 42.5 Å². The van der Waals surface area contributed by atoms with Crippen LogP contribution in [0.2, 0.25) is 0 Å². The van der Waals surface area contributed by atoms with E-state index in [9.17, 15) is 5.11 Å². The maximum Gasteiger partial charge on any atom is 0.120 e. The Labute approximate surface area is 125 Å². The number of aliphatic hydroxyl groups is 1. The minimum Gasteiger partial charge on any atom is -0.489 e. The van der Waals surface area contributed by atoms with E-state index in [0.29, 0.717) is 6.61 Å². The Morgan fingerprint density at radius 1 is 1.10 bits per heavy atom. The topological polar surface area (TPSA) is 55.5 Å². The van der Waals surface area contributed by atoms with E-state index >= 15 is 0 Å². The number of hydrogen-bond acceptors (Lipinski definition) is 3. The third-order valence-electron chi connectivity index (χ3n) is 3.01. The van der Waals surface area contributed by atoms with Gasteiger partial charge in [0.2, 0.25) is 0 Å². The van der Waals surface area contributed by atoms with E-state index in [-0.39, 0.29) is 18.4 Å². The lowest BCUT2D eigenvalue weighted by molar-refractivity contribution is 0.164. The molecule has 0 aliphatic heterocycles.